The van der Waals surface area contributed by atoms with Crippen LogP contribution in [0.1, 0.15) is 16.3 Å². The van der Waals surface area contributed by atoms with E-state index in [1.54, 1.807) is 6.20 Å². The fraction of sp³-hybridized carbons (Fsp3) is 0.333. The molecule has 54 valence electrons. The first-order valence-corrected chi connectivity index (χ1v) is 3.97. The molecule has 1 heterocycles. The molecule has 1 N–H and O–H groups in total. The molecule has 0 unspecified atom stereocenters. The third kappa shape index (κ3) is 1.44. The molecule has 10 heavy (non-hydrogen) atoms. The zero-order valence-electron chi connectivity index (χ0n) is 5.52. The van der Waals surface area contributed by atoms with Crippen molar-refractivity contribution in [2.75, 3.05) is 5.33 Å². The predicted octanol–water partition coefficient (Wildman–Crippen LogP) is 1.30. The summed E-state index contributed by atoms with van der Waals surface area (Å²) in [6, 6.07) is 0. The number of hydrogen-bond acceptors (Lipinski definition) is 2. The van der Waals surface area contributed by atoms with Crippen LogP contribution in [0.3, 0.4) is 0 Å². The molecule has 1 rings (SSSR count). The van der Waals surface area contributed by atoms with Gasteiger partial charge in [0, 0.05) is 11.9 Å². The van der Waals surface area contributed by atoms with E-state index >= 15 is 0 Å². The fourth-order valence-electron chi connectivity index (χ4n) is 0.618. The van der Waals surface area contributed by atoms with Crippen LogP contribution < -0.4 is 0 Å². The Morgan fingerprint density at radius 2 is 2.60 bits per heavy atom. The van der Waals surface area contributed by atoms with Gasteiger partial charge in [-0.25, -0.2) is 4.98 Å². The molecule has 0 aliphatic heterocycles. The van der Waals surface area contributed by atoms with Crippen molar-refractivity contribution in [1.82, 2.24) is 9.97 Å². The van der Waals surface area contributed by atoms with E-state index in [0.717, 1.165) is 5.69 Å². The van der Waals surface area contributed by atoms with E-state index < -0.39 is 0 Å². The number of halogens is 1. The van der Waals surface area contributed by atoms with E-state index in [1.165, 1.54) is 0 Å². The average molecular weight is 203 g/mol. The highest BCUT2D eigenvalue weighted by Crippen LogP contribution is 1.97. The van der Waals surface area contributed by atoms with E-state index in [0.29, 0.717) is 11.2 Å². The molecule has 0 aromatic carbocycles. The number of aromatic nitrogens is 2. The van der Waals surface area contributed by atoms with Crippen LogP contribution >= 0.6 is 15.9 Å². The molecule has 0 radical (unpaired) electrons. The summed E-state index contributed by atoms with van der Waals surface area (Å²) in [4.78, 5) is 17.6. The van der Waals surface area contributed by atoms with Gasteiger partial charge in [0.1, 0.15) is 0 Å². The minimum absolute atomic E-state index is 0.0203. The molecule has 0 saturated heterocycles. The van der Waals surface area contributed by atoms with Crippen molar-refractivity contribution in [1.29, 1.82) is 0 Å². The Labute approximate surface area is 67.0 Å². The summed E-state index contributed by atoms with van der Waals surface area (Å²) >= 11 is 3.05. The first-order valence-electron chi connectivity index (χ1n) is 2.85. The van der Waals surface area contributed by atoms with E-state index in [4.69, 9.17) is 0 Å². The van der Waals surface area contributed by atoms with Gasteiger partial charge < -0.3 is 4.98 Å². The van der Waals surface area contributed by atoms with Gasteiger partial charge in [-0.15, -0.1) is 0 Å². The molecule has 1 aromatic heterocycles. The summed E-state index contributed by atoms with van der Waals surface area (Å²) in [6.45, 7) is 1.86. The van der Waals surface area contributed by atoms with Gasteiger partial charge in [-0.2, -0.15) is 0 Å². The highest BCUT2D eigenvalue weighted by atomic mass is 79.9. The minimum Gasteiger partial charge on any atom is -0.340 e. The number of aromatic amines is 1. The molecule has 4 heteroatoms. The number of nitrogens with zero attached hydrogens (tertiary/aromatic N) is 1. The van der Waals surface area contributed by atoms with Crippen LogP contribution in [0.2, 0.25) is 0 Å². The van der Waals surface area contributed by atoms with Gasteiger partial charge >= 0.3 is 0 Å². The van der Waals surface area contributed by atoms with Crippen LogP contribution in [-0.4, -0.2) is 21.1 Å². The van der Waals surface area contributed by atoms with Crippen molar-refractivity contribution in [2.24, 2.45) is 0 Å². The Kier molecular flexibility index (Phi) is 2.21. The lowest BCUT2D eigenvalue weighted by atomic mass is 10.4. The lowest BCUT2D eigenvalue weighted by molar-refractivity contribution is 0.101. The maximum atomic E-state index is 10.9. The summed E-state index contributed by atoms with van der Waals surface area (Å²) in [5.41, 5.74) is 0.907. The van der Waals surface area contributed by atoms with E-state index in [1.807, 2.05) is 6.92 Å². The monoisotopic (exact) mass is 202 g/mol. The van der Waals surface area contributed by atoms with Crippen LogP contribution in [0.4, 0.5) is 0 Å². The molecule has 0 fully saturated rings. The van der Waals surface area contributed by atoms with Crippen molar-refractivity contribution in [2.45, 2.75) is 6.92 Å². The second-order valence-electron chi connectivity index (χ2n) is 1.97. The Bertz CT molecular complexity index is 244. The molecule has 0 saturated carbocycles. The maximum absolute atomic E-state index is 10.9. The van der Waals surface area contributed by atoms with Crippen LogP contribution in [0.25, 0.3) is 0 Å². The first kappa shape index (κ1) is 7.47. The number of hydrogen-bond donors (Lipinski definition) is 1. The summed E-state index contributed by atoms with van der Waals surface area (Å²) in [5.74, 6) is 0.405. The normalized spacial score (nSPS) is 9.80. The zero-order valence-corrected chi connectivity index (χ0v) is 7.10. The molecule has 0 aliphatic rings. The smallest absolute Gasteiger partial charge is 0.208 e. The number of Topliss-reactive ketones (excluding diaryl/α,β-unsaturated/α-hetero) is 1. The standard InChI is InChI=1S/C6H7BrN2O/c1-4-3-8-6(9-4)5(10)2-7/h3H,2H2,1H3,(H,8,9). The number of carbonyl (C=O) groups excluding carboxylic acids is 1. The molecular weight excluding hydrogens is 196 g/mol. The van der Waals surface area contributed by atoms with Gasteiger partial charge in [0.25, 0.3) is 0 Å². The molecule has 0 atom stereocenters. The van der Waals surface area contributed by atoms with Crippen LogP contribution in [0, 0.1) is 6.92 Å². The van der Waals surface area contributed by atoms with Crippen molar-refractivity contribution >= 4 is 21.7 Å². The van der Waals surface area contributed by atoms with Gasteiger partial charge in [-0.05, 0) is 6.92 Å². The fourth-order valence-corrected chi connectivity index (χ4v) is 0.883. The number of nitrogens with one attached hydrogen (secondary N) is 1. The quantitative estimate of drug-likeness (QED) is 0.581. The second kappa shape index (κ2) is 2.96. The van der Waals surface area contributed by atoms with Crippen molar-refractivity contribution in [3.8, 4) is 0 Å². The molecule has 0 spiro atoms. The molecule has 0 amide bonds. The summed E-state index contributed by atoms with van der Waals surface area (Å²) in [6.07, 6.45) is 1.63. The summed E-state index contributed by atoms with van der Waals surface area (Å²) in [7, 11) is 0. The lowest BCUT2D eigenvalue weighted by Gasteiger charge is -1.86. The maximum Gasteiger partial charge on any atom is 0.208 e. The molecule has 0 bridgehead atoms. The summed E-state index contributed by atoms with van der Waals surface area (Å²) < 4.78 is 0. The number of H-pyrrole nitrogens is 1. The minimum atomic E-state index is -0.0203. The number of rotatable bonds is 2. The van der Waals surface area contributed by atoms with E-state index in [-0.39, 0.29) is 5.78 Å². The second-order valence-corrected chi connectivity index (χ2v) is 2.53. The topological polar surface area (TPSA) is 45.8 Å². The number of alkyl halides is 1. The van der Waals surface area contributed by atoms with E-state index in [2.05, 4.69) is 25.9 Å². The number of imidazole rings is 1. The largest absolute Gasteiger partial charge is 0.340 e. The van der Waals surface area contributed by atoms with E-state index in [9.17, 15) is 4.79 Å². The SMILES string of the molecule is Cc1cnc(C(=O)CBr)[nH]1. The van der Waals surface area contributed by atoms with Crippen LogP contribution in [0.5, 0.6) is 0 Å². The highest BCUT2D eigenvalue weighted by molar-refractivity contribution is 9.09. The first-order chi connectivity index (χ1) is 4.74. The number of aryl methyl sites for hydroxylation is 1. The Morgan fingerprint density at radius 3 is 3.00 bits per heavy atom. The molecular formula is C6H7BrN2O. The van der Waals surface area contributed by atoms with Gasteiger partial charge in [0.2, 0.25) is 5.78 Å². The highest BCUT2D eigenvalue weighted by Gasteiger charge is 2.05. The third-order valence-electron chi connectivity index (χ3n) is 1.09. The molecule has 0 aliphatic carbocycles. The third-order valence-corrected chi connectivity index (χ3v) is 1.60. The summed E-state index contributed by atoms with van der Waals surface area (Å²) in [5, 5.41) is 0.319. The van der Waals surface area contributed by atoms with Gasteiger partial charge in [-0.1, -0.05) is 15.9 Å². The van der Waals surface area contributed by atoms with Gasteiger partial charge in [0.05, 0.1) is 5.33 Å². The Balaban J connectivity index is 2.85. The zero-order chi connectivity index (χ0) is 7.56. The predicted molar refractivity (Wildman–Crippen MR) is 41.4 cm³/mol. The van der Waals surface area contributed by atoms with Crippen molar-refractivity contribution < 1.29 is 4.79 Å². The van der Waals surface area contributed by atoms with Crippen molar-refractivity contribution in [3.05, 3.63) is 17.7 Å². The molecule has 1 aromatic rings. The Hall–Kier alpha value is -0.640. The van der Waals surface area contributed by atoms with Crippen molar-refractivity contribution in [3.63, 3.8) is 0 Å². The van der Waals surface area contributed by atoms with Crippen LogP contribution in [-0.2, 0) is 0 Å². The lowest BCUT2D eigenvalue weighted by Crippen LogP contribution is -2.01. The molecule has 3 nitrogen and oxygen atoms in total. The number of carbonyl (C=O) groups is 1. The number of ketones is 1. The van der Waals surface area contributed by atoms with Crippen LogP contribution in [0.15, 0.2) is 6.20 Å². The van der Waals surface area contributed by atoms with Gasteiger partial charge in [-0.3, -0.25) is 4.79 Å². The average Bonchev–Trinajstić information content (AvgIpc) is 2.34. The Morgan fingerprint density at radius 1 is 1.90 bits per heavy atom. The van der Waals surface area contributed by atoms with Gasteiger partial charge in [0.15, 0.2) is 5.82 Å².